The van der Waals surface area contributed by atoms with Crippen LogP contribution in [0.4, 0.5) is 4.39 Å². The summed E-state index contributed by atoms with van der Waals surface area (Å²) in [5.74, 6) is -0.673. The van der Waals surface area contributed by atoms with Gasteiger partial charge in [-0.25, -0.2) is 4.39 Å². The van der Waals surface area contributed by atoms with E-state index in [4.69, 9.17) is 4.79 Å². The van der Waals surface area contributed by atoms with Crippen LogP contribution in [0, 0.1) is 5.92 Å². The molecule has 0 aromatic carbocycles. The molecule has 0 bridgehead atoms. The number of halogens is 1. The van der Waals surface area contributed by atoms with Crippen LogP contribution in [-0.4, -0.2) is 17.7 Å². The predicted molar refractivity (Wildman–Crippen MR) is 75.3 cm³/mol. The maximum absolute atomic E-state index is 13.2. The van der Waals surface area contributed by atoms with E-state index in [2.05, 4.69) is 18.5 Å². The number of aldehydes is 1. The van der Waals surface area contributed by atoms with E-state index < -0.39 is 11.4 Å². The highest BCUT2D eigenvalue weighted by atomic mass is 19.1. The van der Waals surface area contributed by atoms with Crippen molar-refractivity contribution in [2.45, 2.75) is 52.0 Å². The van der Waals surface area contributed by atoms with Crippen LogP contribution in [-0.2, 0) is 9.59 Å². The number of carbonyl (C=O) groups is 2. The van der Waals surface area contributed by atoms with Crippen molar-refractivity contribution in [3.63, 3.8) is 0 Å². The van der Waals surface area contributed by atoms with Gasteiger partial charge in [0, 0.05) is 11.5 Å². The molecule has 1 saturated carbocycles. The van der Waals surface area contributed by atoms with Crippen LogP contribution in [0.15, 0.2) is 24.6 Å². The van der Waals surface area contributed by atoms with E-state index in [0.717, 1.165) is 32.0 Å². The third-order valence-electron chi connectivity index (χ3n) is 3.25. The first kappa shape index (κ1) is 17.6. The van der Waals surface area contributed by atoms with Crippen LogP contribution in [0.3, 0.4) is 0 Å². The largest absolute Gasteiger partial charge is 0.346 e. The fourth-order valence-electron chi connectivity index (χ4n) is 2.12. The molecular formula is C15H24FNO2. The minimum absolute atomic E-state index is 0.0516. The summed E-state index contributed by atoms with van der Waals surface area (Å²) in [5, 5.41) is 2.93. The molecule has 1 aliphatic rings. The van der Waals surface area contributed by atoms with E-state index in [9.17, 15) is 9.18 Å². The maximum Gasteiger partial charge on any atom is 0.223 e. The molecule has 0 aromatic rings. The Morgan fingerprint density at radius 2 is 1.74 bits per heavy atom. The van der Waals surface area contributed by atoms with Gasteiger partial charge in [0.2, 0.25) is 5.91 Å². The molecule has 1 N–H and O–H groups in total. The van der Waals surface area contributed by atoms with Crippen molar-refractivity contribution in [2.75, 3.05) is 0 Å². The Morgan fingerprint density at radius 3 is 2.05 bits per heavy atom. The summed E-state index contributed by atoms with van der Waals surface area (Å²) in [4.78, 5) is 20.5. The third kappa shape index (κ3) is 4.97. The van der Waals surface area contributed by atoms with Crippen LogP contribution >= 0.6 is 0 Å². The van der Waals surface area contributed by atoms with Crippen LogP contribution in [0.5, 0.6) is 0 Å². The molecule has 0 saturated heterocycles. The predicted octanol–water partition coefficient (Wildman–Crippen LogP) is 3.32. The first-order chi connectivity index (χ1) is 8.80. The summed E-state index contributed by atoms with van der Waals surface area (Å²) in [6.07, 6.45) is 4.25. The van der Waals surface area contributed by atoms with Gasteiger partial charge in [0.15, 0.2) is 0 Å². The van der Waals surface area contributed by atoms with Gasteiger partial charge in [-0.1, -0.05) is 39.8 Å². The molecule has 1 amide bonds. The lowest BCUT2D eigenvalue weighted by Crippen LogP contribution is -2.49. The standard InChI is InChI=1S/C13H20FNO.C2H4O/c1-9(2)12(16)15-13(7-5-6-8-13)10(3)11(4)14;1-2-3/h9H,3-8H2,1-2H3,(H,15,16);2H,1H3. The van der Waals surface area contributed by atoms with Gasteiger partial charge >= 0.3 is 0 Å². The molecule has 19 heavy (non-hydrogen) atoms. The van der Waals surface area contributed by atoms with Crippen molar-refractivity contribution >= 4 is 12.2 Å². The second-order valence-corrected chi connectivity index (χ2v) is 5.05. The molecule has 108 valence electrons. The Bertz CT molecular complexity index is 355. The first-order valence-electron chi connectivity index (χ1n) is 6.56. The Kier molecular flexibility index (Phi) is 7.27. The van der Waals surface area contributed by atoms with Gasteiger partial charge in [0.25, 0.3) is 0 Å². The molecule has 0 atom stereocenters. The van der Waals surface area contributed by atoms with Crippen molar-refractivity contribution in [2.24, 2.45) is 5.92 Å². The van der Waals surface area contributed by atoms with Gasteiger partial charge < -0.3 is 10.1 Å². The number of hydrogen-bond donors (Lipinski definition) is 1. The van der Waals surface area contributed by atoms with Gasteiger partial charge in [0.05, 0.1) is 5.54 Å². The second kappa shape index (κ2) is 7.87. The zero-order valence-electron chi connectivity index (χ0n) is 12.1. The Balaban J connectivity index is 0.000000982. The van der Waals surface area contributed by atoms with Crippen LogP contribution in [0.1, 0.15) is 46.5 Å². The van der Waals surface area contributed by atoms with Gasteiger partial charge in [-0.3, -0.25) is 4.79 Å². The highest BCUT2D eigenvalue weighted by Gasteiger charge is 2.39. The molecule has 0 radical (unpaired) electrons. The smallest absolute Gasteiger partial charge is 0.223 e. The van der Waals surface area contributed by atoms with Crippen molar-refractivity contribution < 1.29 is 14.0 Å². The molecular weight excluding hydrogens is 245 g/mol. The van der Waals surface area contributed by atoms with Crippen molar-refractivity contribution in [1.29, 1.82) is 0 Å². The molecule has 0 unspecified atom stereocenters. The quantitative estimate of drug-likeness (QED) is 0.628. The van der Waals surface area contributed by atoms with Crippen LogP contribution in [0.2, 0.25) is 0 Å². The molecule has 1 fully saturated rings. The lowest BCUT2D eigenvalue weighted by atomic mass is 9.87. The van der Waals surface area contributed by atoms with Gasteiger partial charge in [0.1, 0.15) is 12.1 Å². The zero-order chi connectivity index (χ0) is 15.1. The summed E-state index contributed by atoms with van der Waals surface area (Å²) in [6, 6.07) is 0. The molecule has 3 nitrogen and oxygen atoms in total. The van der Waals surface area contributed by atoms with Crippen LogP contribution in [0.25, 0.3) is 0 Å². The lowest BCUT2D eigenvalue weighted by Gasteiger charge is -2.32. The topological polar surface area (TPSA) is 46.2 Å². The molecule has 0 aromatic heterocycles. The minimum atomic E-state index is -0.590. The lowest BCUT2D eigenvalue weighted by molar-refractivity contribution is -0.125. The van der Waals surface area contributed by atoms with Crippen molar-refractivity contribution in [3.8, 4) is 0 Å². The normalized spacial score (nSPS) is 16.3. The molecule has 0 heterocycles. The Morgan fingerprint density at radius 1 is 1.32 bits per heavy atom. The average Bonchev–Trinajstić information content (AvgIpc) is 2.78. The molecule has 1 rings (SSSR count). The Labute approximate surface area is 115 Å². The van der Waals surface area contributed by atoms with E-state index in [1.807, 2.05) is 13.8 Å². The molecule has 0 spiro atoms. The van der Waals surface area contributed by atoms with E-state index in [-0.39, 0.29) is 11.8 Å². The highest BCUT2D eigenvalue weighted by molar-refractivity contribution is 5.79. The van der Waals surface area contributed by atoms with E-state index >= 15 is 0 Å². The number of nitrogens with one attached hydrogen (secondary N) is 1. The average molecular weight is 269 g/mol. The summed E-state index contributed by atoms with van der Waals surface area (Å²) in [5.41, 5.74) is -0.258. The first-order valence-corrected chi connectivity index (χ1v) is 6.56. The molecule has 4 heteroatoms. The third-order valence-corrected chi connectivity index (χ3v) is 3.25. The number of rotatable bonds is 4. The molecule has 0 aliphatic heterocycles. The van der Waals surface area contributed by atoms with Gasteiger partial charge in [-0.2, -0.15) is 0 Å². The maximum atomic E-state index is 13.2. The van der Waals surface area contributed by atoms with E-state index in [1.165, 1.54) is 6.92 Å². The van der Waals surface area contributed by atoms with Gasteiger partial charge in [-0.15, -0.1) is 0 Å². The number of amides is 1. The van der Waals surface area contributed by atoms with Crippen molar-refractivity contribution in [3.05, 3.63) is 24.6 Å². The number of hydrogen-bond acceptors (Lipinski definition) is 2. The number of carbonyl (C=O) groups excluding carboxylic acids is 2. The SMILES string of the molecule is C=C(F)C(=C)C1(NC(=O)C(C)C)CCCC1.CC=O. The fraction of sp³-hybridized carbons (Fsp3) is 0.600. The summed E-state index contributed by atoms with van der Waals surface area (Å²) >= 11 is 0. The Hall–Kier alpha value is -1.45. The van der Waals surface area contributed by atoms with Crippen LogP contribution < -0.4 is 5.32 Å². The van der Waals surface area contributed by atoms with E-state index in [0.29, 0.717) is 5.57 Å². The zero-order valence-corrected chi connectivity index (χ0v) is 12.1. The fourth-order valence-corrected chi connectivity index (χ4v) is 2.12. The van der Waals surface area contributed by atoms with Crippen molar-refractivity contribution in [1.82, 2.24) is 5.32 Å². The summed E-state index contributed by atoms with van der Waals surface area (Å²) < 4.78 is 13.2. The van der Waals surface area contributed by atoms with Gasteiger partial charge in [-0.05, 0) is 19.8 Å². The molecule has 1 aliphatic carbocycles. The highest BCUT2D eigenvalue weighted by Crippen LogP contribution is 2.38. The summed E-state index contributed by atoms with van der Waals surface area (Å²) in [7, 11) is 0. The monoisotopic (exact) mass is 269 g/mol. The van der Waals surface area contributed by atoms with E-state index in [1.54, 1.807) is 0 Å². The second-order valence-electron chi connectivity index (χ2n) is 5.05. The summed E-state index contributed by atoms with van der Waals surface area (Å²) in [6.45, 7) is 12.1. The minimum Gasteiger partial charge on any atom is -0.346 e.